The number of likely N-dealkylation sites (N-methyl/N-ethyl adjacent to an activating group) is 1. The van der Waals surface area contributed by atoms with E-state index in [1.54, 1.807) is 19.0 Å². The van der Waals surface area contributed by atoms with E-state index in [1.165, 1.54) is 12.8 Å². The van der Waals surface area contributed by atoms with Gasteiger partial charge in [0.25, 0.3) is 5.56 Å². The zero-order valence-electron chi connectivity index (χ0n) is 16.3. The zero-order chi connectivity index (χ0) is 19.3. The normalized spacial score (nSPS) is 29.9. The zero-order valence-corrected chi connectivity index (χ0v) is 16.3. The predicted octanol–water partition coefficient (Wildman–Crippen LogP) is 1.34. The molecule has 4 rings (SSSR count). The quantitative estimate of drug-likeness (QED) is 0.848. The molecule has 2 aliphatic heterocycles. The van der Waals surface area contributed by atoms with Gasteiger partial charge in [-0.3, -0.25) is 14.5 Å². The fourth-order valence-corrected chi connectivity index (χ4v) is 4.98. The Morgan fingerprint density at radius 2 is 2.07 bits per heavy atom. The lowest BCUT2D eigenvalue weighted by Crippen LogP contribution is -2.48. The van der Waals surface area contributed by atoms with Gasteiger partial charge in [0.1, 0.15) is 0 Å². The van der Waals surface area contributed by atoms with Crippen LogP contribution in [0.5, 0.6) is 0 Å². The van der Waals surface area contributed by atoms with E-state index < -0.39 is 0 Å². The summed E-state index contributed by atoms with van der Waals surface area (Å²) in [7, 11) is 3.56. The van der Waals surface area contributed by atoms with Crippen LogP contribution in [0.25, 0.3) is 6.08 Å². The molecule has 0 bridgehead atoms. The second kappa shape index (κ2) is 6.91. The number of fused-ring (bicyclic) bond motifs is 3. The number of hydrogen-bond donors (Lipinski definition) is 1. The lowest BCUT2D eigenvalue weighted by atomic mass is 9.88. The number of aliphatic hydroxyl groups is 1. The first-order valence-corrected chi connectivity index (χ1v) is 9.92. The van der Waals surface area contributed by atoms with E-state index in [-0.39, 0.29) is 42.0 Å². The minimum absolute atomic E-state index is 0.0264. The van der Waals surface area contributed by atoms with Gasteiger partial charge in [-0.15, -0.1) is 0 Å². The minimum Gasteiger partial charge on any atom is -0.396 e. The molecule has 146 valence electrons. The summed E-state index contributed by atoms with van der Waals surface area (Å²) in [6.07, 6.45) is 6.12. The maximum Gasteiger partial charge on any atom is 0.258 e. The molecule has 3 heterocycles. The molecule has 3 aliphatic rings. The molecule has 1 N–H and O–H groups in total. The fourth-order valence-electron chi connectivity index (χ4n) is 4.98. The second-order valence-electron chi connectivity index (χ2n) is 8.40. The number of allylic oxidation sites excluding steroid dienone is 1. The molecule has 1 amide bonds. The Bertz CT molecular complexity index is 824. The Balaban J connectivity index is 1.78. The Labute approximate surface area is 160 Å². The van der Waals surface area contributed by atoms with E-state index in [0.29, 0.717) is 18.0 Å². The summed E-state index contributed by atoms with van der Waals surface area (Å²) in [6, 6.07) is 3.66. The van der Waals surface area contributed by atoms with E-state index in [1.807, 2.05) is 35.8 Å². The Hall–Kier alpha value is -1.92. The smallest absolute Gasteiger partial charge is 0.258 e. The first kappa shape index (κ1) is 18.4. The van der Waals surface area contributed by atoms with Gasteiger partial charge in [-0.25, -0.2) is 0 Å². The van der Waals surface area contributed by atoms with E-state index in [2.05, 4.69) is 4.90 Å². The number of amides is 1. The number of aliphatic hydroxyl groups excluding tert-OH is 1. The van der Waals surface area contributed by atoms with Crippen LogP contribution in [0.2, 0.25) is 0 Å². The Morgan fingerprint density at radius 3 is 2.67 bits per heavy atom. The number of hydrogen-bond acceptors (Lipinski definition) is 4. The lowest BCUT2D eigenvalue weighted by Gasteiger charge is -2.32. The van der Waals surface area contributed by atoms with Crippen molar-refractivity contribution in [3.8, 4) is 0 Å². The summed E-state index contributed by atoms with van der Waals surface area (Å²) in [6.45, 7) is 3.32. The van der Waals surface area contributed by atoms with Crippen LogP contribution in [0.4, 0.5) is 0 Å². The number of carbonyl (C=O) groups excluding carboxylic acids is 1. The van der Waals surface area contributed by atoms with E-state index in [4.69, 9.17) is 0 Å². The van der Waals surface area contributed by atoms with Gasteiger partial charge in [-0.05, 0) is 37.8 Å². The number of pyridine rings is 1. The third-order valence-electron chi connectivity index (χ3n) is 6.43. The van der Waals surface area contributed by atoms with E-state index in [9.17, 15) is 14.7 Å². The highest BCUT2D eigenvalue weighted by atomic mass is 16.3. The highest BCUT2D eigenvalue weighted by Gasteiger charge is 2.56. The highest BCUT2D eigenvalue weighted by Crippen LogP contribution is 2.50. The van der Waals surface area contributed by atoms with Gasteiger partial charge in [0.05, 0.1) is 12.1 Å². The molecular weight excluding hydrogens is 342 g/mol. The molecule has 0 radical (unpaired) electrons. The topological polar surface area (TPSA) is 65.8 Å². The molecule has 1 aromatic rings. The maximum absolute atomic E-state index is 13.0. The standard InChI is InChI=1S/C21H29N3O3/c1-4-5-14-8-9-17-18-15(11-23(17)20(14)26)16(12-25)19(21(27)22(2)3)24(18)10-13-6-7-13/h4-5,8-9,13,15-16,18-19,25H,6-7,10-12H2,1-3H3/b5-4+/t15-,16-,18+,19-/m1/s1. The number of likely N-dealkylation sites (tertiary alicyclic amines) is 1. The van der Waals surface area contributed by atoms with E-state index >= 15 is 0 Å². The van der Waals surface area contributed by atoms with Gasteiger partial charge in [0.2, 0.25) is 5.91 Å². The third-order valence-corrected chi connectivity index (χ3v) is 6.43. The SMILES string of the molecule is C/C=C/c1ccc2n(c1=O)C[C@@H]1[C@@H](CO)[C@H](C(=O)N(C)C)N(CC3CC3)[C@H]21. The van der Waals surface area contributed by atoms with Crippen molar-refractivity contribution >= 4 is 12.0 Å². The molecule has 27 heavy (non-hydrogen) atoms. The molecule has 6 heteroatoms. The lowest BCUT2D eigenvalue weighted by molar-refractivity contribution is -0.135. The fraction of sp³-hybridized carbons (Fsp3) is 0.619. The molecule has 1 saturated heterocycles. The number of nitrogens with zero attached hydrogens (tertiary/aromatic N) is 3. The first-order chi connectivity index (χ1) is 13.0. The molecular formula is C21H29N3O3. The van der Waals surface area contributed by atoms with Crippen molar-refractivity contribution in [2.24, 2.45) is 17.8 Å². The van der Waals surface area contributed by atoms with Crippen molar-refractivity contribution in [3.63, 3.8) is 0 Å². The Kier molecular flexibility index (Phi) is 4.72. The van der Waals surface area contributed by atoms with Crippen molar-refractivity contribution in [1.82, 2.24) is 14.4 Å². The van der Waals surface area contributed by atoms with Gasteiger partial charge in [0, 0.05) is 56.9 Å². The summed E-state index contributed by atoms with van der Waals surface area (Å²) in [5, 5.41) is 10.2. The maximum atomic E-state index is 13.0. The summed E-state index contributed by atoms with van der Waals surface area (Å²) >= 11 is 0. The van der Waals surface area contributed by atoms with Gasteiger partial charge >= 0.3 is 0 Å². The summed E-state index contributed by atoms with van der Waals surface area (Å²) in [5.41, 5.74) is 1.71. The van der Waals surface area contributed by atoms with E-state index in [0.717, 1.165) is 12.2 Å². The molecule has 0 unspecified atom stereocenters. The average molecular weight is 371 g/mol. The second-order valence-corrected chi connectivity index (χ2v) is 8.40. The van der Waals surface area contributed by atoms with Crippen LogP contribution in [0.15, 0.2) is 23.0 Å². The predicted molar refractivity (Wildman–Crippen MR) is 104 cm³/mol. The first-order valence-electron chi connectivity index (χ1n) is 9.92. The summed E-state index contributed by atoms with van der Waals surface area (Å²) < 4.78 is 1.86. The largest absolute Gasteiger partial charge is 0.396 e. The van der Waals surface area contributed by atoms with Crippen molar-refractivity contribution in [2.75, 3.05) is 27.2 Å². The molecule has 4 atom stereocenters. The molecule has 2 fully saturated rings. The van der Waals surface area contributed by atoms with Crippen molar-refractivity contribution in [3.05, 3.63) is 39.8 Å². The minimum atomic E-state index is -0.306. The van der Waals surface area contributed by atoms with Crippen LogP contribution in [0.3, 0.4) is 0 Å². The van der Waals surface area contributed by atoms with Crippen LogP contribution in [-0.4, -0.2) is 58.7 Å². The number of rotatable bonds is 5. The molecule has 6 nitrogen and oxygen atoms in total. The number of carbonyl (C=O) groups is 1. The summed E-state index contributed by atoms with van der Waals surface area (Å²) in [4.78, 5) is 29.8. The molecule has 0 spiro atoms. The van der Waals surface area contributed by atoms with Gasteiger partial charge in [0.15, 0.2) is 0 Å². The third kappa shape index (κ3) is 2.95. The molecule has 1 saturated carbocycles. The molecule has 0 aromatic carbocycles. The molecule has 1 aliphatic carbocycles. The van der Waals surface area contributed by atoms with Crippen molar-refractivity contribution < 1.29 is 9.90 Å². The average Bonchev–Trinajstić information content (AvgIpc) is 3.30. The van der Waals surface area contributed by atoms with Crippen molar-refractivity contribution in [2.45, 2.75) is 38.4 Å². The van der Waals surface area contributed by atoms with Crippen LogP contribution in [0.1, 0.15) is 37.1 Å². The van der Waals surface area contributed by atoms with Crippen LogP contribution < -0.4 is 5.56 Å². The molecule has 1 aromatic heterocycles. The Morgan fingerprint density at radius 1 is 1.33 bits per heavy atom. The number of aromatic nitrogens is 1. The van der Waals surface area contributed by atoms with Crippen molar-refractivity contribution in [1.29, 1.82) is 0 Å². The van der Waals surface area contributed by atoms with Gasteiger partial charge in [-0.1, -0.05) is 12.2 Å². The van der Waals surface area contributed by atoms with Crippen LogP contribution >= 0.6 is 0 Å². The van der Waals surface area contributed by atoms with Gasteiger partial charge in [-0.2, -0.15) is 0 Å². The van der Waals surface area contributed by atoms with Crippen LogP contribution in [0, 0.1) is 17.8 Å². The van der Waals surface area contributed by atoms with Gasteiger partial charge < -0.3 is 14.6 Å². The van der Waals surface area contributed by atoms with Crippen LogP contribution in [-0.2, 0) is 11.3 Å². The summed E-state index contributed by atoms with van der Waals surface area (Å²) in [5.74, 6) is 0.636. The highest BCUT2D eigenvalue weighted by molar-refractivity contribution is 5.82. The monoisotopic (exact) mass is 371 g/mol.